The zero-order chi connectivity index (χ0) is 21.3. The molecule has 152 valence electrons. The number of halogens is 5. The Kier molecular flexibility index (Phi) is 6.23. The van der Waals surface area contributed by atoms with Crippen molar-refractivity contribution in [2.75, 3.05) is 17.7 Å². The van der Waals surface area contributed by atoms with Crippen molar-refractivity contribution in [3.05, 3.63) is 56.9 Å². The average Bonchev–Trinajstić information content (AvgIpc) is 2.97. The summed E-state index contributed by atoms with van der Waals surface area (Å²) in [6.07, 6.45) is -4.60. The number of hydrogen-bond acceptors (Lipinski definition) is 4. The molecule has 0 saturated heterocycles. The van der Waals surface area contributed by atoms with Crippen molar-refractivity contribution in [3.8, 4) is 0 Å². The molecule has 0 spiro atoms. The number of ether oxygens (including phenoxy) is 1. The Morgan fingerprint density at radius 3 is 2.52 bits per heavy atom. The molecule has 0 aliphatic heterocycles. The van der Waals surface area contributed by atoms with E-state index in [0.717, 1.165) is 17.4 Å². The molecule has 2 aromatic carbocycles. The number of rotatable bonds is 3. The van der Waals surface area contributed by atoms with E-state index in [1.807, 2.05) is 0 Å². The molecule has 4 nitrogen and oxygen atoms in total. The number of carbonyl (C=O) groups is 1. The summed E-state index contributed by atoms with van der Waals surface area (Å²) < 4.78 is 45.0. The molecule has 1 heterocycles. The molecule has 0 aliphatic rings. The van der Waals surface area contributed by atoms with Crippen LogP contribution in [0.4, 0.5) is 24.5 Å². The minimum absolute atomic E-state index is 0.0387. The van der Waals surface area contributed by atoms with Crippen LogP contribution in [0.15, 0.2) is 36.4 Å². The molecule has 0 bridgehead atoms. The summed E-state index contributed by atoms with van der Waals surface area (Å²) in [5, 5.41) is 6.19. The SMILES string of the molecule is COC(=O)c1sc2cc(NC(=S)Nc3ccc(Cl)cc3C(F)(F)F)ccc2c1Cl. The molecule has 0 radical (unpaired) electrons. The second-order valence-electron chi connectivity index (χ2n) is 5.71. The lowest BCUT2D eigenvalue weighted by Crippen LogP contribution is -2.21. The standard InChI is InChI=1S/C18H11Cl2F3N2O2S2/c1-27-16(26)15-14(20)10-4-3-9(7-13(10)29-15)24-17(28)25-12-5-2-8(19)6-11(12)18(21,22)23/h2-7H,1H3,(H2,24,25,28). The highest BCUT2D eigenvalue weighted by Gasteiger charge is 2.34. The maximum Gasteiger partial charge on any atom is 0.418 e. The Labute approximate surface area is 182 Å². The molecule has 3 aromatic rings. The van der Waals surface area contributed by atoms with E-state index in [-0.39, 0.29) is 25.7 Å². The van der Waals surface area contributed by atoms with E-state index >= 15 is 0 Å². The van der Waals surface area contributed by atoms with Gasteiger partial charge in [-0.3, -0.25) is 0 Å². The summed E-state index contributed by atoms with van der Waals surface area (Å²) in [6.45, 7) is 0. The van der Waals surface area contributed by atoms with Gasteiger partial charge in [0, 0.05) is 20.8 Å². The van der Waals surface area contributed by atoms with Gasteiger partial charge in [0.1, 0.15) is 4.88 Å². The quantitative estimate of drug-likeness (QED) is 0.319. The molecule has 0 unspecified atom stereocenters. The summed E-state index contributed by atoms with van der Waals surface area (Å²) in [5.41, 5.74) is -0.656. The molecule has 2 N–H and O–H groups in total. The van der Waals surface area contributed by atoms with E-state index < -0.39 is 17.7 Å². The first-order valence-corrected chi connectivity index (χ1v) is 9.83. The molecular weight excluding hydrogens is 468 g/mol. The van der Waals surface area contributed by atoms with Crippen molar-refractivity contribution in [1.82, 2.24) is 0 Å². The molecular formula is C18H11Cl2F3N2O2S2. The third-order valence-corrected chi connectivity index (χ3v) is 5.87. The van der Waals surface area contributed by atoms with Crippen LogP contribution in [0.2, 0.25) is 10.0 Å². The fraction of sp³-hybridized carbons (Fsp3) is 0.111. The molecule has 0 saturated carbocycles. The van der Waals surface area contributed by atoms with Crippen LogP contribution in [-0.2, 0) is 10.9 Å². The lowest BCUT2D eigenvalue weighted by molar-refractivity contribution is -0.136. The molecule has 29 heavy (non-hydrogen) atoms. The van der Waals surface area contributed by atoms with Crippen LogP contribution in [0.25, 0.3) is 10.1 Å². The second kappa shape index (κ2) is 8.35. The van der Waals surface area contributed by atoms with Crippen LogP contribution >= 0.6 is 46.8 Å². The number of anilines is 2. The van der Waals surface area contributed by atoms with E-state index in [9.17, 15) is 18.0 Å². The Morgan fingerprint density at radius 2 is 1.86 bits per heavy atom. The van der Waals surface area contributed by atoms with Crippen LogP contribution in [0.1, 0.15) is 15.2 Å². The Hall–Kier alpha value is -2.07. The number of benzene rings is 2. The zero-order valence-corrected chi connectivity index (χ0v) is 17.6. The van der Waals surface area contributed by atoms with Gasteiger partial charge in [-0.2, -0.15) is 13.2 Å². The van der Waals surface area contributed by atoms with Gasteiger partial charge >= 0.3 is 12.1 Å². The summed E-state index contributed by atoms with van der Waals surface area (Å²) >= 11 is 18.1. The largest absolute Gasteiger partial charge is 0.465 e. The van der Waals surface area contributed by atoms with Crippen molar-refractivity contribution >= 4 is 79.3 Å². The first kappa shape index (κ1) is 21.6. The van der Waals surface area contributed by atoms with Gasteiger partial charge in [-0.15, -0.1) is 11.3 Å². The number of thiocarbonyl (C=S) groups is 1. The topological polar surface area (TPSA) is 50.4 Å². The fourth-order valence-electron chi connectivity index (χ4n) is 2.51. The molecule has 0 fully saturated rings. The van der Waals surface area contributed by atoms with Crippen molar-refractivity contribution in [2.45, 2.75) is 6.18 Å². The number of esters is 1. The first-order chi connectivity index (χ1) is 13.6. The van der Waals surface area contributed by atoms with Gasteiger partial charge in [0.15, 0.2) is 5.11 Å². The highest BCUT2D eigenvalue weighted by Crippen LogP contribution is 2.38. The number of carbonyl (C=O) groups excluding carboxylic acids is 1. The second-order valence-corrected chi connectivity index (χ2v) is 7.99. The van der Waals surface area contributed by atoms with Gasteiger partial charge in [-0.05, 0) is 48.6 Å². The fourth-order valence-corrected chi connectivity index (χ4v) is 4.38. The predicted octanol–water partition coefficient (Wildman–Crippen LogP) is 6.82. The Bertz CT molecular complexity index is 1120. The van der Waals surface area contributed by atoms with Crippen molar-refractivity contribution < 1.29 is 22.7 Å². The summed E-state index contributed by atoms with van der Waals surface area (Å²) in [7, 11) is 1.26. The number of alkyl halides is 3. The first-order valence-electron chi connectivity index (χ1n) is 7.85. The van der Waals surface area contributed by atoms with Gasteiger partial charge in [0.25, 0.3) is 0 Å². The van der Waals surface area contributed by atoms with Crippen molar-refractivity contribution in [1.29, 1.82) is 0 Å². The smallest absolute Gasteiger partial charge is 0.418 e. The summed E-state index contributed by atoms with van der Waals surface area (Å²) in [5.74, 6) is -0.551. The summed E-state index contributed by atoms with van der Waals surface area (Å²) in [4.78, 5) is 12.0. The Balaban J connectivity index is 1.83. The van der Waals surface area contributed by atoms with Crippen LogP contribution in [0, 0.1) is 0 Å². The zero-order valence-electron chi connectivity index (χ0n) is 14.5. The lowest BCUT2D eigenvalue weighted by atomic mass is 10.1. The number of fused-ring (bicyclic) bond motifs is 1. The molecule has 3 rings (SSSR count). The number of methoxy groups -OCH3 is 1. The monoisotopic (exact) mass is 478 g/mol. The minimum Gasteiger partial charge on any atom is -0.465 e. The minimum atomic E-state index is -4.60. The number of nitrogens with one attached hydrogen (secondary N) is 2. The third kappa shape index (κ3) is 4.75. The summed E-state index contributed by atoms with van der Waals surface area (Å²) in [6, 6.07) is 8.34. The van der Waals surface area contributed by atoms with E-state index in [0.29, 0.717) is 15.8 Å². The van der Waals surface area contributed by atoms with Crippen LogP contribution in [-0.4, -0.2) is 18.2 Å². The van der Waals surface area contributed by atoms with E-state index in [1.54, 1.807) is 18.2 Å². The van der Waals surface area contributed by atoms with Crippen LogP contribution in [0.3, 0.4) is 0 Å². The van der Waals surface area contributed by atoms with Gasteiger partial charge in [0.05, 0.1) is 23.4 Å². The Morgan fingerprint density at radius 1 is 1.14 bits per heavy atom. The maximum absolute atomic E-state index is 13.2. The molecule has 11 heteroatoms. The van der Waals surface area contributed by atoms with Crippen molar-refractivity contribution in [3.63, 3.8) is 0 Å². The number of thiophene rings is 1. The van der Waals surface area contributed by atoms with Gasteiger partial charge in [-0.1, -0.05) is 23.2 Å². The molecule has 0 amide bonds. The van der Waals surface area contributed by atoms with E-state index in [1.165, 1.54) is 19.2 Å². The maximum atomic E-state index is 13.2. The third-order valence-electron chi connectivity index (χ3n) is 3.79. The van der Waals surface area contributed by atoms with Crippen molar-refractivity contribution in [2.24, 2.45) is 0 Å². The van der Waals surface area contributed by atoms with Crippen LogP contribution in [0.5, 0.6) is 0 Å². The normalized spacial score (nSPS) is 11.4. The predicted molar refractivity (Wildman–Crippen MR) is 114 cm³/mol. The highest BCUT2D eigenvalue weighted by molar-refractivity contribution is 7.80. The molecule has 0 aliphatic carbocycles. The van der Waals surface area contributed by atoms with Gasteiger partial charge < -0.3 is 15.4 Å². The van der Waals surface area contributed by atoms with Gasteiger partial charge in [0.2, 0.25) is 0 Å². The van der Waals surface area contributed by atoms with E-state index in [2.05, 4.69) is 10.6 Å². The average molecular weight is 479 g/mol. The highest BCUT2D eigenvalue weighted by atomic mass is 35.5. The molecule has 1 aromatic heterocycles. The van der Waals surface area contributed by atoms with Gasteiger partial charge in [-0.25, -0.2) is 4.79 Å². The van der Waals surface area contributed by atoms with E-state index in [4.69, 9.17) is 40.2 Å². The van der Waals surface area contributed by atoms with Crippen LogP contribution < -0.4 is 10.6 Å². The molecule has 0 atom stereocenters. The lowest BCUT2D eigenvalue weighted by Gasteiger charge is -2.16. The number of hydrogen-bond donors (Lipinski definition) is 2.